The Hall–Kier alpha value is -2.56. The molecule has 4 nitrogen and oxygen atoms in total. The van der Waals surface area contributed by atoms with Crippen molar-refractivity contribution in [2.75, 3.05) is 30.4 Å². The molecule has 21 heavy (non-hydrogen) atoms. The summed E-state index contributed by atoms with van der Waals surface area (Å²) in [5.41, 5.74) is 2.04. The molecule has 1 aliphatic rings. The van der Waals surface area contributed by atoms with Crippen molar-refractivity contribution in [2.24, 2.45) is 0 Å². The Kier molecular flexibility index (Phi) is 3.48. The number of hydrogen-bond donors (Lipinski definition) is 1. The van der Waals surface area contributed by atoms with E-state index >= 15 is 0 Å². The maximum Gasteiger partial charge on any atom is 0.255 e. The van der Waals surface area contributed by atoms with Crippen molar-refractivity contribution in [1.29, 1.82) is 0 Å². The molecule has 3 rings (SSSR count). The summed E-state index contributed by atoms with van der Waals surface area (Å²) in [6.45, 7) is 1.47. The van der Waals surface area contributed by atoms with Gasteiger partial charge in [0.1, 0.15) is 18.2 Å². The molecule has 0 unspecified atom stereocenters. The van der Waals surface area contributed by atoms with Gasteiger partial charge >= 0.3 is 0 Å². The summed E-state index contributed by atoms with van der Waals surface area (Å²) in [4.78, 5) is 14.2. The van der Waals surface area contributed by atoms with E-state index in [4.69, 9.17) is 4.74 Å². The summed E-state index contributed by atoms with van der Waals surface area (Å²) in [6.07, 6.45) is 0. The van der Waals surface area contributed by atoms with Gasteiger partial charge in [0.25, 0.3) is 5.91 Å². The number of halogens is 1. The molecular formula is C16H15FN2O2. The number of nitrogens with zero attached hydrogens (tertiary/aromatic N) is 1. The van der Waals surface area contributed by atoms with Gasteiger partial charge in [-0.3, -0.25) is 4.79 Å². The standard InChI is InChI=1S/C16H15FN2O2/c1-19-8-9-21-15-7-6-13(10-14(15)19)18-16(20)11-2-4-12(17)5-3-11/h2-7,10H,8-9H2,1H3,(H,18,20). The SMILES string of the molecule is CN1CCOc2ccc(NC(=O)c3ccc(F)cc3)cc21. The maximum absolute atomic E-state index is 12.9. The van der Waals surface area contributed by atoms with E-state index < -0.39 is 0 Å². The minimum Gasteiger partial charge on any atom is -0.490 e. The van der Waals surface area contributed by atoms with Gasteiger partial charge in [-0.05, 0) is 42.5 Å². The van der Waals surface area contributed by atoms with Crippen LogP contribution >= 0.6 is 0 Å². The zero-order chi connectivity index (χ0) is 14.8. The molecule has 2 aromatic carbocycles. The number of likely N-dealkylation sites (N-methyl/N-ethyl adjacent to an activating group) is 1. The third-order valence-corrected chi connectivity index (χ3v) is 3.42. The second-order valence-corrected chi connectivity index (χ2v) is 4.91. The van der Waals surface area contributed by atoms with Crippen LogP contribution in [0.25, 0.3) is 0 Å². The summed E-state index contributed by atoms with van der Waals surface area (Å²) < 4.78 is 18.4. The zero-order valence-corrected chi connectivity index (χ0v) is 11.6. The lowest BCUT2D eigenvalue weighted by molar-refractivity contribution is 0.102. The third-order valence-electron chi connectivity index (χ3n) is 3.42. The Balaban J connectivity index is 1.80. The molecule has 0 aromatic heterocycles. The predicted molar refractivity (Wildman–Crippen MR) is 79.6 cm³/mol. The van der Waals surface area contributed by atoms with E-state index in [9.17, 15) is 9.18 Å². The summed E-state index contributed by atoms with van der Waals surface area (Å²) in [6, 6.07) is 10.9. The van der Waals surface area contributed by atoms with Crippen molar-refractivity contribution in [1.82, 2.24) is 0 Å². The van der Waals surface area contributed by atoms with Crippen molar-refractivity contribution in [3.05, 3.63) is 53.8 Å². The van der Waals surface area contributed by atoms with Gasteiger partial charge in [-0.15, -0.1) is 0 Å². The van der Waals surface area contributed by atoms with Gasteiger partial charge in [0.05, 0.1) is 12.2 Å². The van der Waals surface area contributed by atoms with Gasteiger partial charge in [0.15, 0.2) is 0 Å². The highest BCUT2D eigenvalue weighted by Crippen LogP contribution is 2.33. The number of amides is 1. The molecule has 1 heterocycles. The second-order valence-electron chi connectivity index (χ2n) is 4.91. The van der Waals surface area contributed by atoms with Gasteiger partial charge in [0, 0.05) is 18.3 Å². The summed E-state index contributed by atoms with van der Waals surface area (Å²) in [7, 11) is 1.98. The fourth-order valence-electron chi connectivity index (χ4n) is 2.23. The molecule has 0 atom stereocenters. The van der Waals surface area contributed by atoms with E-state index in [1.165, 1.54) is 24.3 Å². The monoisotopic (exact) mass is 286 g/mol. The number of anilines is 2. The highest BCUT2D eigenvalue weighted by atomic mass is 19.1. The van der Waals surface area contributed by atoms with Crippen LogP contribution in [0.3, 0.4) is 0 Å². The maximum atomic E-state index is 12.9. The van der Waals surface area contributed by atoms with Crippen LogP contribution in [0.4, 0.5) is 15.8 Å². The molecule has 0 saturated carbocycles. The zero-order valence-electron chi connectivity index (χ0n) is 11.6. The van der Waals surface area contributed by atoms with Crippen LogP contribution in [0.5, 0.6) is 5.75 Å². The van der Waals surface area contributed by atoms with Crippen LogP contribution in [0.2, 0.25) is 0 Å². The van der Waals surface area contributed by atoms with Crippen LogP contribution in [0.1, 0.15) is 10.4 Å². The minimum absolute atomic E-state index is 0.269. The molecule has 1 aliphatic heterocycles. The van der Waals surface area contributed by atoms with Crippen molar-refractivity contribution < 1.29 is 13.9 Å². The average molecular weight is 286 g/mol. The molecule has 2 aromatic rings. The van der Waals surface area contributed by atoms with Crippen molar-refractivity contribution in [2.45, 2.75) is 0 Å². The Labute approximate surface area is 122 Å². The molecule has 1 N–H and O–H groups in total. The van der Waals surface area contributed by atoms with E-state index in [1.807, 2.05) is 19.2 Å². The topological polar surface area (TPSA) is 41.6 Å². The van der Waals surface area contributed by atoms with Crippen LogP contribution in [0.15, 0.2) is 42.5 Å². The van der Waals surface area contributed by atoms with Crippen LogP contribution in [-0.2, 0) is 0 Å². The number of hydrogen-bond acceptors (Lipinski definition) is 3. The Morgan fingerprint density at radius 2 is 2.00 bits per heavy atom. The molecule has 0 fully saturated rings. The Morgan fingerprint density at radius 3 is 2.76 bits per heavy atom. The van der Waals surface area contributed by atoms with Gasteiger partial charge in [0.2, 0.25) is 0 Å². The second kappa shape index (κ2) is 5.44. The van der Waals surface area contributed by atoms with Gasteiger partial charge in [-0.2, -0.15) is 0 Å². The summed E-state index contributed by atoms with van der Waals surface area (Å²) in [5.74, 6) is 0.178. The Morgan fingerprint density at radius 1 is 1.24 bits per heavy atom. The highest BCUT2D eigenvalue weighted by molar-refractivity contribution is 6.04. The van der Waals surface area contributed by atoms with Crippen molar-refractivity contribution >= 4 is 17.3 Å². The lowest BCUT2D eigenvalue weighted by Gasteiger charge is -2.28. The van der Waals surface area contributed by atoms with E-state index in [0.717, 1.165) is 18.0 Å². The predicted octanol–water partition coefficient (Wildman–Crippen LogP) is 2.91. The number of carbonyl (C=O) groups is 1. The molecule has 5 heteroatoms. The van der Waals surface area contributed by atoms with Gasteiger partial charge in [-0.25, -0.2) is 4.39 Å². The van der Waals surface area contributed by atoms with Crippen LogP contribution in [0, 0.1) is 5.82 Å². The summed E-state index contributed by atoms with van der Waals surface area (Å²) >= 11 is 0. The molecule has 0 saturated heterocycles. The quantitative estimate of drug-likeness (QED) is 0.923. The molecular weight excluding hydrogens is 271 g/mol. The fraction of sp³-hybridized carbons (Fsp3) is 0.188. The summed E-state index contributed by atoms with van der Waals surface area (Å²) in [5, 5.41) is 2.80. The first kappa shape index (κ1) is 13.4. The van der Waals surface area contributed by atoms with Crippen molar-refractivity contribution in [3.63, 3.8) is 0 Å². The first-order chi connectivity index (χ1) is 10.1. The normalized spacial score (nSPS) is 13.3. The smallest absolute Gasteiger partial charge is 0.255 e. The molecule has 0 spiro atoms. The van der Waals surface area contributed by atoms with E-state index in [0.29, 0.717) is 17.9 Å². The number of nitrogens with one attached hydrogen (secondary N) is 1. The lowest BCUT2D eigenvalue weighted by atomic mass is 10.2. The van der Waals surface area contributed by atoms with E-state index in [1.54, 1.807) is 6.07 Å². The fourth-order valence-corrected chi connectivity index (χ4v) is 2.23. The average Bonchev–Trinajstić information content (AvgIpc) is 2.49. The molecule has 0 aliphatic carbocycles. The highest BCUT2D eigenvalue weighted by Gasteiger charge is 2.16. The van der Waals surface area contributed by atoms with Crippen molar-refractivity contribution in [3.8, 4) is 5.75 Å². The van der Waals surface area contributed by atoms with Gasteiger partial charge < -0.3 is 15.0 Å². The van der Waals surface area contributed by atoms with Crippen LogP contribution in [-0.4, -0.2) is 26.1 Å². The molecule has 0 bridgehead atoms. The first-order valence-electron chi connectivity index (χ1n) is 6.68. The largest absolute Gasteiger partial charge is 0.490 e. The number of rotatable bonds is 2. The third kappa shape index (κ3) is 2.81. The minimum atomic E-state index is -0.362. The lowest BCUT2D eigenvalue weighted by Crippen LogP contribution is -2.28. The number of benzene rings is 2. The molecule has 0 radical (unpaired) electrons. The molecule has 1 amide bonds. The van der Waals surface area contributed by atoms with Crippen LogP contribution < -0.4 is 15.0 Å². The Bertz CT molecular complexity index is 670. The van der Waals surface area contributed by atoms with Gasteiger partial charge in [-0.1, -0.05) is 0 Å². The number of ether oxygens (including phenoxy) is 1. The first-order valence-corrected chi connectivity index (χ1v) is 6.68. The molecule has 108 valence electrons. The number of carbonyl (C=O) groups excluding carboxylic acids is 1. The number of fused-ring (bicyclic) bond motifs is 1. The van der Waals surface area contributed by atoms with E-state index in [-0.39, 0.29) is 11.7 Å². The van der Waals surface area contributed by atoms with E-state index in [2.05, 4.69) is 10.2 Å².